The van der Waals surface area contributed by atoms with Gasteiger partial charge in [0, 0.05) is 25.8 Å². The summed E-state index contributed by atoms with van der Waals surface area (Å²) in [6.07, 6.45) is 0.529. The average Bonchev–Trinajstić information content (AvgIpc) is 2.98. The number of aromatic hydroxyl groups is 1. The van der Waals surface area contributed by atoms with Crippen molar-refractivity contribution in [3.8, 4) is 11.5 Å². The van der Waals surface area contributed by atoms with E-state index in [4.69, 9.17) is 9.47 Å². The van der Waals surface area contributed by atoms with Crippen LogP contribution in [0.4, 0.5) is 0 Å². The third-order valence-corrected chi connectivity index (χ3v) is 4.84. The molecule has 7 heteroatoms. The molecule has 1 fully saturated rings. The van der Waals surface area contributed by atoms with Crippen molar-refractivity contribution < 1.29 is 29.3 Å². The predicted octanol–water partition coefficient (Wildman–Crippen LogP) is 2.86. The Morgan fingerprint density at radius 2 is 1.83 bits per heavy atom. The van der Waals surface area contributed by atoms with E-state index >= 15 is 0 Å². The lowest BCUT2D eigenvalue weighted by molar-refractivity contribution is -0.140. The number of methoxy groups -OCH3 is 2. The first-order valence-corrected chi connectivity index (χ1v) is 9.18. The van der Waals surface area contributed by atoms with Crippen molar-refractivity contribution in [2.45, 2.75) is 12.5 Å². The van der Waals surface area contributed by atoms with E-state index in [-0.39, 0.29) is 23.6 Å². The Balaban J connectivity index is 2.10. The number of likely N-dealkylation sites (tertiary alicyclic amines) is 1. The second-order valence-corrected chi connectivity index (χ2v) is 6.66. The lowest BCUT2D eigenvalue weighted by Gasteiger charge is -2.25. The smallest absolute Gasteiger partial charge is 0.295 e. The van der Waals surface area contributed by atoms with Gasteiger partial charge in [-0.15, -0.1) is 0 Å². The number of ether oxygens (including phenoxy) is 2. The van der Waals surface area contributed by atoms with Crippen LogP contribution in [0.3, 0.4) is 0 Å². The molecule has 0 unspecified atom stereocenters. The first-order chi connectivity index (χ1) is 14.0. The SMILES string of the molecule is COCCCN1C(=O)C(=O)C(=C(O)c2ccc(OC)cc2)[C@H]1c1cccc(O)c1. The van der Waals surface area contributed by atoms with Crippen molar-refractivity contribution >= 4 is 17.4 Å². The number of aliphatic hydroxyl groups excluding tert-OH is 1. The molecule has 152 valence electrons. The van der Waals surface area contributed by atoms with Crippen LogP contribution in [0.5, 0.6) is 11.5 Å². The van der Waals surface area contributed by atoms with Gasteiger partial charge in [-0.1, -0.05) is 12.1 Å². The van der Waals surface area contributed by atoms with Crippen LogP contribution in [0.25, 0.3) is 5.76 Å². The Morgan fingerprint density at radius 1 is 1.10 bits per heavy atom. The minimum atomic E-state index is -0.805. The van der Waals surface area contributed by atoms with Crippen molar-refractivity contribution in [2.75, 3.05) is 27.4 Å². The minimum Gasteiger partial charge on any atom is -0.508 e. The molecule has 0 spiro atoms. The minimum absolute atomic E-state index is 0.00873. The number of rotatable bonds is 7. The Labute approximate surface area is 168 Å². The Bertz CT molecular complexity index is 935. The molecule has 0 aliphatic carbocycles. The van der Waals surface area contributed by atoms with Crippen LogP contribution >= 0.6 is 0 Å². The molecule has 1 aliphatic rings. The Morgan fingerprint density at radius 3 is 2.45 bits per heavy atom. The molecular formula is C22H23NO6. The van der Waals surface area contributed by atoms with Crippen LogP contribution in [-0.4, -0.2) is 54.2 Å². The van der Waals surface area contributed by atoms with E-state index in [1.807, 2.05) is 0 Å². The van der Waals surface area contributed by atoms with Crippen molar-refractivity contribution in [2.24, 2.45) is 0 Å². The third-order valence-electron chi connectivity index (χ3n) is 4.84. The molecule has 29 heavy (non-hydrogen) atoms. The Hall–Kier alpha value is -3.32. The summed E-state index contributed by atoms with van der Waals surface area (Å²) in [6, 6.07) is 12.1. The first kappa shape index (κ1) is 20.4. The van der Waals surface area contributed by atoms with Crippen molar-refractivity contribution in [1.29, 1.82) is 0 Å². The number of phenolic OH excluding ortho intramolecular Hbond substituents is 1. The Kier molecular flexibility index (Phi) is 6.19. The second kappa shape index (κ2) is 8.79. The van der Waals surface area contributed by atoms with Gasteiger partial charge >= 0.3 is 0 Å². The standard InChI is InChI=1S/C22H23NO6/c1-28-12-4-11-23-19(15-5-3-6-16(24)13-15)18(21(26)22(23)27)20(25)14-7-9-17(29-2)10-8-14/h3,5-10,13,19,24-25H,4,11-12H2,1-2H3/t19-/m1/s1. The summed E-state index contributed by atoms with van der Waals surface area (Å²) in [5.74, 6) is -1.11. The van der Waals surface area contributed by atoms with Gasteiger partial charge in [0.1, 0.15) is 17.3 Å². The summed E-state index contributed by atoms with van der Waals surface area (Å²) in [5.41, 5.74) is 0.922. The van der Waals surface area contributed by atoms with Gasteiger partial charge in [0.2, 0.25) is 0 Å². The van der Waals surface area contributed by atoms with Crippen LogP contribution in [0, 0.1) is 0 Å². The van der Waals surface area contributed by atoms with Crippen LogP contribution in [0.15, 0.2) is 54.1 Å². The lowest BCUT2D eigenvalue weighted by Crippen LogP contribution is -2.31. The summed E-state index contributed by atoms with van der Waals surface area (Å²) < 4.78 is 10.2. The fourth-order valence-electron chi connectivity index (χ4n) is 3.44. The normalized spacial score (nSPS) is 18.3. The number of nitrogens with zero attached hydrogens (tertiary/aromatic N) is 1. The number of benzene rings is 2. The second-order valence-electron chi connectivity index (χ2n) is 6.66. The van der Waals surface area contributed by atoms with E-state index < -0.39 is 17.7 Å². The number of carbonyl (C=O) groups is 2. The zero-order chi connectivity index (χ0) is 21.0. The van der Waals surface area contributed by atoms with E-state index in [1.165, 1.54) is 24.1 Å². The summed E-state index contributed by atoms with van der Waals surface area (Å²) in [7, 11) is 3.09. The number of aliphatic hydroxyl groups is 1. The van der Waals surface area contributed by atoms with E-state index in [2.05, 4.69) is 0 Å². The molecule has 2 aromatic rings. The number of Topliss-reactive ketones (excluding diaryl/α,β-unsaturated/α-hetero) is 1. The number of hydrogen-bond acceptors (Lipinski definition) is 6. The van der Waals surface area contributed by atoms with Gasteiger partial charge in [-0.3, -0.25) is 9.59 Å². The largest absolute Gasteiger partial charge is 0.508 e. The van der Waals surface area contributed by atoms with Gasteiger partial charge in [0.15, 0.2) is 0 Å². The fraction of sp³-hybridized carbons (Fsp3) is 0.273. The molecule has 0 radical (unpaired) electrons. The van der Waals surface area contributed by atoms with Gasteiger partial charge in [0.05, 0.1) is 18.7 Å². The zero-order valence-electron chi connectivity index (χ0n) is 16.3. The van der Waals surface area contributed by atoms with Crippen LogP contribution in [0.2, 0.25) is 0 Å². The average molecular weight is 397 g/mol. The third kappa shape index (κ3) is 4.09. The number of amides is 1. The maximum atomic E-state index is 12.8. The van der Waals surface area contributed by atoms with E-state index in [9.17, 15) is 19.8 Å². The fourth-order valence-corrected chi connectivity index (χ4v) is 3.44. The molecule has 1 aliphatic heterocycles. The highest BCUT2D eigenvalue weighted by Gasteiger charge is 2.45. The van der Waals surface area contributed by atoms with Gasteiger partial charge in [0.25, 0.3) is 11.7 Å². The van der Waals surface area contributed by atoms with Gasteiger partial charge in [-0.05, 0) is 48.4 Å². The maximum absolute atomic E-state index is 12.8. The molecule has 0 aromatic heterocycles. The molecule has 2 N–H and O–H groups in total. The maximum Gasteiger partial charge on any atom is 0.295 e. The molecule has 3 rings (SSSR count). The van der Waals surface area contributed by atoms with Crippen molar-refractivity contribution in [1.82, 2.24) is 4.90 Å². The van der Waals surface area contributed by atoms with Gasteiger partial charge in [-0.25, -0.2) is 0 Å². The summed E-state index contributed by atoms with van der Waals surface area (Å²) >= 11 is 0. The first-order valence-electron chi connectivity index (χ1n) is 9.18. The van der Waals surface area contributed by atoms with Crippen LogP contribution in [0.1, 0.15) is 23.6 Å². The highest BCUT2D eigenvalue weighted by molar-refractivity contribution is 6.46. The predicted molar refractivity (Wildman–Crippen MR) is 107 cm³/mol. The number of phenols is 1. The van der Waals surface area contributed by atoms with Crippen LogP contribution < -0.4 is 4.74 Å². The molecule has 1 heterocycles. The van der Waals surface area contributed by atoms with E-state index in [0.717, 1.165) is 0 Å². The summed E-state index contributed by atoms with van der Waals surface area (Å²) in [5, 5.41) is 20.8. The lowest BCUT2D eigenvalue weighted by atomic mass is 9.95. The van der Waals surface area contributed by atoms with Crippen molar-refractivity contribution in [3.63, 3.8) is 0 Å². The molecule has 0 bridgehead atoms. The highest BCUT2D eigenvalue weighted by Crippen LogP contribution is 2.40. The number of hydrogen-bond donors (Lipinski definition) is 2. The molecular weight excluding hydrogens is 374 g/mol. The number of ketones is 1. The molecule has 2 aromatic carbocycles. The zero-order valence-corrected chi connectivity index (χ0v) is 16.3. The van der Waals surface area contributed by atoms with Gasteiger partial charge < -0.3 is 24.6 Å². The topological polar surface area (TPSA) is 96.3 Å². The van der Waals surface area contributed by atoms with E-state index in [0.29, 0.717) is 29.9 Å². The van der Waals surface area contributed by atoms with Gasteiger partial charge in [-0.2, -0.15) is 0 Å². The molecule has 1 atom stereocenters. The summed E-state index contributed by atoms with van der Waals surface area (Å²) in [6.45, 7) is 0.701. The molecule has 1 amide bonds. The van der Waals surface area contributed by atoms with E-state index in [1.54, 1.807) is 43.5 Å². The number of carbonyl (C=O) groups excluding carboxylic acids is 2. The summed E-state index contributed by atoms with van der Waals surface area (Å²) in [4.78, 5) is 27.0. The van der Waals surface area contributed by atoms with Crippen molar-refractivity contribution in [3.05, 3.63) is 65.2 Å². The van der Waals surface area contributed by atoms with Crippen LogP contribution in [-0.2, 0) is 14.3 Å². The quantitative estimate of drug-likeness (QED) is 0.323. The molecule has 0 saturated carbocycles. The molecule has 1 saturated heterocycles. The highest BCUT2D eigenvalue weighted by atomic mass is 16.5. The monoisotopic (exact) mass is 397 g/mol. The molecule has 7 nitrogen and oxygen atoms in total.